The molecule has 0 atom stereocenters. The van der Waals surface area contributed by atoms with Gasteiger partial charge < -0.3 is 15.0 Å². The second kappa shape index (κ2) is 8.75. The van der Waals surface area contributed by atoms with Crippen molar-refractivity contribution in [3.8, 4) is 5.75 Å². The van der Waals surface area contributed by atoms with E-state index in [9.17, 15) is 13.2 Å². The average Bonchev–Trinajstić information content (AvgIpc) is 3.08. The summed E-state index contributed by atoms with van der Waals surface area (Å²) in [7, 11) is -0.225. The van der Waals surface area contributed by atoms with Crippen LogP contribution in [0.3, 0.4) is 0 Å². The largest absolute Gasteiger partial charge is 0.496 e. The van der Waals surface area contributed by atoms with Crippen LogP contribution in [-0.4, -0.2) is 31.6 Å². The highest BCUT2D eigenvalue weighted by Gasteiger charge is 2.23. The van der Waals surface area contributed by atoms with Crippen molar-refractivity contribution in [2.24, 2.45) is 7.05 Å². The number of ketones is 1. The molecular weight excluding hydrogens is 436 g/mol. The summed E-state index contributed by atoms with van der Waals surface area (Å²) < 4.78 is 33.2. The monoisotopic (exact) mass is 462 g/mol. The molecule has 0 saturated carbocycles. The number of nitrogens with zero attached hydrogens (tertiary/aromatic N) is 1. The maximum atomic E-state index is 12.8. The third-order valence-corrected chi connectivity index (χ3v) is 7.61. The molecule has 1 heterocycles. The highest BCUT2D eigenvalue weighted by molar-refractivity contribution is 7.92. The molecule has 0 aliphatic rings. The highest BCUT2D eigenvalue weighted by Crippen LogP contribution is 2.29. The molecule has 0 aliphatic heterocycles. The number of ether oxygens (including phenoxy) is 1. The van der Waals surface area contributed by atoms with Crippen LogP contribution in [0.15, 0.2) is 71.8 Å². The number of nitrogens with two attached hydrogens (primary N) is 1. The van der Waals surface area contributed by atoms with Crippen molar-refractivity contribution in [3.63, 3.8) is 0 Å². The number of carbonyl (C=O) groups is 1. The molecule has 4 rings (SSSR count). The van der Waals surface area contributed by atoms with Crippen molar-refractivity contribution in [2.45, 2.75) is 18.2 Å². The number of fused-ring (bicyclic) bond motifs is 1. The third kappa shape index (κ3) is 4.50. The first kappa shape index (κ1) is 22.6. The summed E-state index contributed by atoms with van der Waals surface area (Å²) in [6.07, 6.45) is 2.64. The number of rotatable bonds is 7. The van der Waals surface area contributed by atoms with Crippen LogP contribution in [0.2, 0.25) is 0 Å². The molecule has 0 radical (unpaired) electrons. The van der Waals surface area contributed by atoms with E-state index in [4.69, 9.17) is 10.5 Å². The van der Waals surface area contributed by atoms with Gasteiger partial charge in [0.25, 0.3) is 0 Å². The van der Waals surface area contributed by atoms with E-state index in [1.807, 2.05) is 35.9 Å². The van der Waals surface area contributed by atoms with Gasteiger partial charge in [-0.25, -0.2) is 8.42 Å². The molecule has 0 saturated heterocycles. The van der Waals surface area contributed by atoms with Gasteiger partial charge in [-0.3, -0.25) is 4.79 Å². The summed E-state index contributed by atoms with van der Waals surface area (Å²) in [4.78, 5) is 13.0. The smallest absolute Gasteiger partial charge is 0.186 e. The number of benzene rings is 3. The lowest BCUT2D eigenvalue weighted by atomic mass is 10.0. The normalized spacial score (nSPS) is 11.6. The summed E-state index contributed by atoms with van der Waals surface area (Å²) in [5, 5.41) is 1.06. The Bertz CT molecular complexity index is 1470. The van der Waals surface area contributed by atoms with Gasteiger partial charge in [-0.1, -0.05) is 30.3 Å². The second-order valence-electron chi connectivity index (χ2n) is 8.19. The van der Waals surface area contributed by atoms with Gasteiger partial charge in [0.2, 0.25) is 0 Å². The number of carbonyl (C=O) groups excluding carboxylic acids is 1. The van der Waals surface area contributed by atoms with Crippen molar-refractivity contribution in [1.29, 1.82) is 0 Å². The SMILES string of the molecule is COc1cc(C(=O)CS(=O)(=O)c2ccccc2C)ccc1Cc1cn(C)c2ccc(N)cc12. The van der Waals surface area contributed by atoms with E-state index >= 15 is 0 Å². The van der Waals surface area contributed by atoms with Crippen LogP contribution < -0.4 is 10.5 Å². The molecule has 0 fully saturated rings. The van der Waals surface area contributed by atoms with Crippen molar-refractivity contribution < 1.29 is 17.9 Å². The molecule has 170 valence electrons. The van der Waals surface area contributed by atoms with Gasteiger partial charge in [0, 0.05) is 41.8 Å². The van der Waals surface area contributed by atoms with E-state index in [0.717, 1.165) is 22.0 Å². The Morgan fingerprint density at radius 1 is 1.03 bits per heavy atom. The van der Waals surface area contributed by atoms with E-state index in [1.165, 1.54) is 13.2 Å². The molecule has 0 bridgehead atoms. The number of methoxy groups -OCH3 is 1. The first-order valence-electron chi connectivity index (χ1n) is 10.5. The number of aromatic nitrogens is 1. The van der Waals surface area contributed by atoms with Crippen LogP contribution in [-0.2, 0) is 23.3 Å². The molecular formula is C26H26N2O4S. The van der Waals surface area contributed by atoms with Gasteiger partial charge >= 0.3 is 0 Å². The Labute approximate surface area is 193 Å². The average molecular weight is 463 g/mol. The molecule has 0 amide bonds. The maximum Gasteiger partial charge on any atom is 0.186 e. The Kier molecular flexibility index (Phi) is 5.99. The number of Topliss-reactive ketones (excluding diaryl/α,β-unsaturated/α-hetero) is 1. The molecule has 2 N–H and O–H groups in total. The number of hydrogen-bond acceptors (Lipinski definition) is 5. The predicted molar refractivity (Wildman–Crippen MR) is 131 cm³/mol. The van der Waals surface area contributed by atoms with Gasteiger partial charge in [0.1, 0.15) is 11.5 Å². The van der Waals surface area contributed by atoms with Crippen LogP contribution in [0.25, 0.3) is 10.9 Å². The van der Waals surface area contributed by atoms with E-state index in [1.54, 1.807) is 37.3 Å². The van der Waals surface area contributed by atoms with E-state index in [-0.39, 0.29) is 4.90 Å². The zero-order valence-electron chi connectivity index (χ0n) is 18.8. The van der Waals surface area contributed by atoms with Gasteiger partial charge in [0.15, 0.2) is 15.6 Å². The van der Waals surface area contributed by atoms with E-state index in [0.29, 0.717) is 29.0 Å². The Hall–Kier alpha value is -3.58. The number of hydrogen-bond donors (Lipinski definition) is 1. The zero-order chi connectivity index (χ0) is 23.8. The molecule has 0 unspecified atom stereocenters. The number of nitrogen functional groups attached to an aromatic ring is 1. The predicted octanol–water partition coefficient (Wildman–Crippen LogP) is 4.32. The number of anilines is 1. The first-order valence-corrected chi connectivity index (χ1v) is 12.2. The van der Waals surface area contributed by atoms with Crippen LogP contribution in [0, 0.1) is 6.92 Å². The van der Waals surface area contributed by atoms with Crippen LogP contribution in [0.1, 0.15) is 27.0 Å². The first-order chi connectivity index (χ1) is 15.7. The minimum absolute atomic E-state index is 0.178. The van der Waals surface area contributed by atoms with Gasteiger partial charge in [-0.2, -0.15) is 0 Å². The fourth-order valence-corrected chi connectivity index (χ4v) is 5.65. The highest BCUT2D eigenvalue weighted by atomic mass is 32.2. The molecule has 0 aliphatic carbocycles. The minimum atomic E-state index is -3.75. The summed E-state index contributed by atoms with van der Waals surface area (Å²) in [6.45, 7) is 1.72. The van der Waals surface area contributed by atoms with Crippen molar-refractivity contribution in [1.82, 2.24) is 4.57 Å². The zero-order valence-corrected chi connectivity index (χ0v) is 19.6. The second-order valence-corrected chi connectivity index (χ2v) is 10.2. The van der Waals surface area contributed by atoms with Crippen LogP contribution in [0.4, 0.5) is 5.69 Å². The van der Waals surface area contributed by atoms with Gasteiger partial charge in [-0.15, -0.1) is 0 Å². The molecule has 7 heteroatoms. The van der Waals surface area contributed by atoms with Crippen molar-refractivity contribution in [3.05, 3.63) is 89.1 Å². The topological polar surface area (TPSA) is 91.4 Å². The molecule has 0 spiro atoms. The fraction of sp³-hybridized carbons (Fsp3) is 0.192. The molecule has 3 aromatic carbocycles. The molecule has 1 aromatic heterocycles. The van der Waals surface area contributed by atoms with E-state index in [2.05, 4.69) is 6.20 Å². The summed E-state index contributed by atoms with van der Waals surface area (Å²) in [5.74, 6) is -0.528. The lowest BCUT2D eigenvalue weighted by molar-refractivity contribution is 0.102. The van der Waals surface area contributed by atoms with Crippen LogP contribution >= 0.6 is 0 Å². The minimum Gasteiger partial charge on any atom is -0.496 e. The molecule has 33 heavy (non-hydrogen) atoms. The molecule has 6 nitrogen and oxygen atoms in total. The number of aryl methyl sites for hydroxylation is 2. The summed E-state index contributed by atoms with van der Waals surface area (Å²) in [5.41, 5.74) is 10.7. The maximum absolute atomic E-state index is 12.8. The number of sulfone groups is 1. The Morgan fingerprint density at radius 3 is 2.52 bits per heavy atom. The Morgan fingerprint density at radius 2 is 1.79 bits per heavy atom. The van der Waals surface area contributed by atoms with Crippen molar-refractivity contribution >= 4 is 32.2 Å². The standard InChI is InChI=1S/C26H26N2O4S/c1-17-6-4-5-7-26(17)33(30,31)16-24(29)18-8-9-19(25(13-18)32-3)12-20-15-28(2)23-11-10-21(27)14-22(20)23/h4-11,13-15H,12,16,27H2,1-3H3. The fourth-order valence-electron chi connectivity index (χ4n) is 4.14. The lowest BCUT2D eigenvalue weighted by Crippen LogP contribution is -2.17. The van der Waals surface area contributed by atoms with Gasteiger partial charge in [-0.05, 0) is 53.9 Å². The quantitative estimate of drug-likeness (QED) is 0.326. The van der Waals surface area contributed by atoms with E-state index < -0.39 is 21.4 Å². The lowest BCUT2D eigenvalue weighted by Gasteiger charge is -2.11. The summed E-state index contributed by atoms with van der Waals surface area (Å²) in [6, 6.07) is 17.6. The Balaban J connectivity index is 1.62. The third-order valence-electron chi connectivity index (χ3n) is 5.84. The van der Waals surface area contributed by atoms with Crippen LogP contribution in [0.5, 0.6) is 5.75 Å². The van der Waals surface area contributed by atoms with Crippen molar-refractivity contribution in [2.75, 3.05) is 18.6 Å². The van der Waals surface area contributed by atoms with Gasteiger partial charge in [0.05, 0.1) is 12.0 Å². The molecule has 4 aromatic rings. The summed E-state index contributed by atoms with van der Waals surface area (Å²) >= 11 is 0.